The number of ether oxygens (including phenoxy) is 1. The Hall–Kier alpha value is -1.78. The van der Waals surface area contributed by atoms with Gasteiger partial charge >= 0.3 is 12.1 Å². The minimum atomic E-state index is -4.46. The van der Waals surface area contributed by atoms with Gasteiger partial charge in [-0.15, -0.1) is 0 Å². The van der Waals surface area contributed by atoms with Gasteiger partial charge in [0, 0.05) is 12.5 Å². The van der Waals surface area contributed by atoms with Gasteiger partial charge in [-0.1, -0.05) is 18.7 Å². The topological polar surface area (TPSA) is 26.3 Å². The van der Waals surface area contributed by atoms with E-state index in [0.29, 0.717) is 5.56 Å². The van der Waals surface area contributed by atoms with Gasteiger partial charge in [0.15, 0.2) is 0 Å². The minimum absolute atomic E-state index is 0.141. The smallest absolute Gasteiger partial charge is 0.416 e. The van der Waals surface area contributed by atoms with Crippen molar-refractivity contribution < 1.29 is 22.7 Å². The maximum absolute atomic E-state index is 12.4. The molecule has 0 amide bonds. The Kier molecular flexibility index (Phi) is 3.37. The van der Waals surface area contributed by atoms with Gasteiger partial charge in [0.05, 0.1) is 5.56 Å². The lowest BCUT2D eigenvalue weighted by atomic mass is 10.1. The van der Waals surface area contributed by atoms with Gasteiger partial charge in [0.1, 0.15) is 5.75 Å². The first-order valence-corrected chi connectivity index (χ1v) is 4.36. The number of benzene rings is 1. The van der Waals surface area contributed by atoms with Crippen LogP contribution in [0.3, 0.4) is 0 Å². The first-order chi connectivity index (χ1) is 7.34. The summed E-state index contributed by atoms with van der Waals surface area (Å²) in [6.07, 6.45) is -3.15. The van der Waals surface area contributed by atoms with Crippen LogP contribution in [0.2, 0.25) is 0 Å². The Morgan fingerprint density at radius 1 is 1.44 bits per heavy atom. The minimum Gasteiger partial charge on any atom is -0.426 e. The normalized spacial score (nSPS) is 11.0. The molecule has 0 N–H and O–H groups in total. The lowest BCUT2D eigenvalue weighted by molar-refractivity contribution is -0.138. The molecule has 2 nitrogen and oxygen atoms in total. The van der Waals surface area contributed by atoms with E-state index in [0.717, 1.165) is 19.1 Å². The summed E-state index contributed by atoms with van der Waals surface area (Å²) in [4.78, 5) is 10.7. The van der Waals surface area contributed by atoms with Crippen molar-refractivity contribution in [1.82, 2.24) is 0 Å². The highest BCUT2D eigenvalue weighted by atomic mass is 19.4. The summed E-state index contributed by atoms with van der Waals surface area (Å²) in [5.74, 6) is -0.820. The van der Waals surface area contributed by atoms with Crippen LogP contribution in [0.1, 0.15) is 18.1 Å². The molecule has 0 heterocycles. The standard InChI is InChI=1S/C11H9F3O2/c1-3-8-4-5-9(11(12,13)14)6-10(8)16-7(2)15/h3-6H,1H2,2H3. The molecule has 86 valence electrons. The van der Waals surface area contributed by atoms with Crippen molar-refractivity contribution in [2.24, 2.45) is 0 Å². The molecule has 0 unspecified atom stereocenters. The molecule has 1 aromatic rings. The number of hydrogen-bond donors (Lipinski definition) is 0. The Balaban J connectivity index is 3.21. The maximum Gasteiger partial charge on any atom is 0.416 e. The van der Waals surface area contributed by atoms with E-state index < -0.39 is 17.7 Å². The van der Waals surface area contributed by atoms with Crippen LogP contribution in [0.25, 0.3) is 6.08 Å². The van der Waals surface area contributed by atoms with Crippen molar-refractivity contribution in [3.05, 3.63) is 35.9 Å². The van der Waals surface area contributed by atoms with Gasteiger partial charge in [0.2, 0.25) is 0 Å². The number of alkyl halides is 3. The van der Waals surface area contributed by atoms with Crippen LogP contribution < -0.4 is 4.74 Å². The average Bonchev–Trinajstić information content (AvgIpc) is 2.15. The van der Waals surface area contributed by atoms with E-state index in [2.05, 4.69) is 11.3 Å². The van der Waals surface area contributed by atoms with Gasteiger partial charge in [-0.2, -0.15) is 13.2 Å². The van der Waals surface area contributed by atoms with Crippen LogP contribution >= 0.6 is 0 Å². The first-order valence-electron chi connectivity index (χ1n) is 4.36. The molecule has 1 rings (SSSR count). The molecular weight excluding hydrogens is 221 g/mol. The molecule has 0 aliphatic rings. The highest BCUT2D eigenvalue weighted by Crippen LogP contribution is 2.33. The predicted octanol–water partition coefficient (Wildman–Crippen LogP) is 3.27. The summed E-state index contributed by atoms with van der Waals surface area (Å²) < 4.78 is 41.8. The first kappa shape index (κ1) is 12.3. The molecular formula is C11H9F3O2. The summed E-state index contributed by atoms with van der Waals surface area (Å²) >= 11 is 0. The fraction of sp³-hybridized carbons (Fsp3) is 0.182. The van der Waals surface area contributed by atoms with Gasteiger partial charge in [-0.3, -0.25) is 4.79 Å². The second-order valence-electron chi connectivity index (χ2n) is 3.05. The largest absolute Gasteiger partial charge is 0.426 e. The van der Waals surface area contributed by atoms with Crippen LogP contribution in [-0.2, 0) is 11.0 Å². The average molecular weight is 230 g/mol. The third kappa shape index (κ3) is 2.85. The Morgan fingerprint density at radius 3 is 2.50 bits per heavy atom. The number of hydrogen-bond acceptors (Lipinski definition) is 2. The fourth-order valence-corrected chi connectivity index (χ4v) is 1.12. The van der Waals surface area contributed by atoms with Crippen LogP contribution in [0.4, 0.5) is 13.2 Å². The fourth-order valence-electron chi connectivity index (χ4n) is 1.12. The molecule has 0 spiro atoms. The molecule has 5 heteroatoms. The molecule has 1 aromatic carbocycles. The number of rotatable bonds is 2. The molecule has 16 heavy (non-hydrogen) atoms. The van der Waals surface area contributed by atoms with E-state index in [-0.39, 0.29) is 5.75 Å². The van der Waals surface area contributed by atoms with Crippen molar-refractivity contribution in [3.8, 4) is 5.75 Å². The molecule has 0 aliphatic carbocycles. The van der Waals surface area contributed by atoms with Crippen molar-refractivity contribution in [2.75, 3.05) is 0 Å². The van der Waals surface area contributed by atoms with Crippen molar-refractivity contribution >= 4 is 12.0 Å². The summed E-state index contributed by atoms with van der Waals surface area (Å²) in [5, 5.41) is 0. The van der Waals surface area contributed by atoms with E-state index in [1.165, 1.54) is 12.1 Å². The van der Waals surface area contributed by atoms with E-state index in [9.17, 15) is 18.0 Å². The van der Waals surface area contributed by atoms with E-state index in [1.807, 2.05) is 0 Å². The lowest BCUT2D eigenvalue weighted by Crippen LogP contribution is -2.08. The third-order valence-electron chi connectivity index (χ3n) is 1.81. The monoisotopic (exact) mass is 230 g/mol. The maximum atomic E-state index is 12.4. The Bertz CT molecular complexity index is 422. The molecule has 0 aliphatic heterocycles. The van der Waals surface area contributed by atoms with Crippen molar-refractivity contribution in [2.45, 2.75) is 13.1 Å². The number of carbonyl (C=O) groups excluding carboxylic acids is 1. The lowest BCUT2D eigenvalue weighted by Gasteiger charge is -2.10. The van der Waals surface area contributed by atoms with Gasteiger partial charge in [0.25, 0.3) is 0 Å². The highest BCUT2D eigenvalue weighted by Gasteiger charge is 2.31. The zero-order chi connectivity index (χ0) is 12.3. The summed E-state index contributed by atoms with van der Waals surface area (Å²) in [6.45, 7) is 4.54. The molecule has 0 aromatic heterocycles. The molecule has 0 fully saturated rings. The predicted molar refractivity (Wildman–Crippen MR) is 52.8 cm³/mol. The summed E-state index contributed by atoms with van der Waals surface area (Å²) in [7, 11) is 0. The Morgan fingerprint density at radius 2 is 2.06 bits per heavy atom. The number of carbonyl (C=O) groups is 1. The summed E-state index contributed by atoms with van der Waals surface area (Å²) in [5.41, 5.74) is -0.530. The van der Waals surface area contributed by atoms with E-state index in [4.69, 9.17) is 0 Å². The van der Waals surface area contributed by atoms with Crippen LogP contribution in [0, 0.1) is 0 Å². The van der Waals surface area contributed by atoms with Crippen LogP contribution in [0.15, 0.2) is 24.8 Å². The second kappa shape index (κ2) is 4.38. The zero-order valence-electron chi connectivity index (χ0n) is 8.47. The zero-order valence-corrected chi connectivity index (χ0v) is 8.47. The molecule has 0 saturated carbocycles. The molecule has 0 saturated heterocycles. The number of halogens is 3. The van der Waals surface area contributed by atoms with Gasteiger partial charge in [-0.25, -0.2) is 0 Å². The molecule has 0 bridgehead atoms. The van der Waals surface area contributed by atoms with Crippen molar-refractivity contribution in [3.63, 3.8) is 0 Å². The SMILES string of the molecule is C=Cc1ccc(C(F)(F)F)cc1OC(C)=O. The molecule has 0 atom stereocenters. The Labute approximate surface area is 90.3 Å². The quantitative estimate of drug-likeness (QED) is 0.575. The van der Waals surface area contributed by atoms with Gasteiger partial charge < -0.3 is 4.74 Å². The molecule has 0 radical (unpaired) electrons. The third-order valence-corrected chi connectivity index (χ3v) is 1.81. The van der Waals surface area contributed by atoms with E-state index >= 15 is 0 Å². The van der Waals surface area contributed by atoms with Crippen LogP contribution in [-0.4, -0.2) is 5.97 Å². The van der Waals surface area contributed by atoms with E-state index in [1.54, 1.807) is 0 Å². The second-order valence-corrected chi connectivity index (χ2v) is 3.05. The number of esters is 1. The summed E-state index contributed by atoms with van der Waals surface area (Å²) in [6, 6.07) is 2.89. The highest BCUT2D eigenvalue weighted by molar-refractivity contribution is 5.71. The van der Waals surface area contributed by atoms with Crippen molar-refractivity contribution in [1.29, 1.82) is 0 Å². The van der Waals surface area contributed by atoms with Crippen LogP contribution in [0.5, 0.6) is 5.75 Å². The van der Waals surface area contributed by atoms with Gasteiger partial charge in [-0.05, 0) is 12.1 Å².